The third-order valence-corrected chi connectivity index (χ3v) is 4.57. The van der Waals surface area contributed by atoms with Gasteiger partial charge in [0.25, 0.3) is 0 Å². The van der Waals surface area contributed by atoms with Crippen molar-refractivity contribution in [2.24, 2.45) is 5.73 Å². The minimum atomic E-state index is -0.00880. The number of benzene rings is 1. The van der Waals surface area contributed by atoms with E-state index in [-0.39, 0.29) is 6.04 Å². The molecule has 3 atom stereocenters. The molecule has 3 unspecified atom stereocenters. The Balaban J connectivity index is 1.70. The van der Waals surface area contributed by atoms with Crippen molar-refractivity contribution >= 4 is 0 Å². The van der Waals surface area contributed by atoms with Gasteiger partial charge in [-0.25, -0.2) is 0 Å². The van der Waals surface area contributed by atoms with Crippen molar-refractivity contribution in [1.82, 2.24) is 4.90 Å². The lowest BCUT2D eigenvalue weighted by Gasteiger charge is -2.39. The lowest BCUT2D eigenvalue weighted by molar-refractivity contribution is -0.0572. The lowest BCUT2D eigenvalue weighted by atomic mass is 10.0. The van der Waals surface area contributed by atoms with E-state index in [0.29, 0.717) is 12.1 Å². The maximum Gasteiger partial charge on any atom is 0.123 e. The highest BCUT2D eigenvalue weighted by Gasteiger charge is 2.36. The van der Waals surface area contributed by atoms with Gasteiger partial charge in [0.2, 0.25) is 0 Å². The highest BCUT2D eigenvalue weighted by atomic mass is 16.5. The first-order chi connectivity index (χ1) is 9.79. The molecular weight excluding hydrogens is 252 g/mol. The molecule has 1 aliphatic carbocycles. The molecule has 1 heterocycles. The van der Waals surface area contributed by atoms with Gasteiger partial charge in [0.05, 0.1) is 19.8 Å². The summed E-state index contributed by atoms with van der Waals surface area (Å²) >= 11 is 0. The molecule has 3 rings (SSSR count). The molecule has 4 nitrogen and oxygen atoms in total. The average Bonchev–Trinajstić information content (AvgIpc) is 2.96. The van der Waals surface area contributed by atoms with Crippen LogP contribution < -0.4 is 10.5 Å². The molecule has 2 fully saturated rings. The van der Waals surface area contributed by atoms with Crippen LogP contribution >= 0.6 is 0 Å². The largest absolute Gasteiger partial charge is 0.496 e. The van der Waals surface area contributed by atoms with E-state index >= 15 is 0 Å². The van der Waals surface area contributed by atoms with Crippen LogP contribution in [-0.4, -0.2) is 43.9 Å². The zero-order chi connectivity index (χ0) is 13.9. The molecule has 1 saturated carbocycles. The van der Waals surface area contributed by atoms with Crippen molar-refractivity contribution in [3.63, 3.8) is 0 Å². The van der Waals surface area contributed by atoms with Crippen LogP contribution in [0.3, 0.4) is 0 Å². The van der Waals surface area contributed by atoms with Gasteiger partial charge in [-0.2, -0.15) is 0 Å². The Morgan fingerprint density at radius 1 is 1.40 bits per heavy atom. The second kappa shape index (κ2) is 6.12. The number of hydrogen-bond acceptors (Lipinski definition) is 4. The van der Waals surface area contributed by atoms with Gasteiger partial charge in [0.15, 0.2) is 0 Å². The van der Waals surface area contributed by atoms with Crippen LogP contribution in [0.1, 0.15) is 30.9 Å². The minimum absolute atomic E-state index is 0.00880. The first kappa shape index (κ1) is 13.9. The first-order valence-electron chi connectivity index (χ1n) is 7.53. The highest BCUT2D eigenvalue weighted by Crippen LogP contribution is 2.31. The van der Waals surface area contributed by atoms with Gasteiger partial charge in [-0.3, -0.25) is 4.90 Å². The second-order valence-electron chi connectivity index (χ2n) is 5.75. The van der Waals surface area contributed by atoms with E-state index < -0.39 is 0 Å². The molecule has 4 heteroatoms. The fourth-order valence-electron chi connectivity index (χ4n) is 3.56. The van der Waals surface area contributed by atoms with E-state index in [9.17, 15) is 0 Å². The van der Waals surface area contributed by atoms with Crippen LogP contribution in [0.15, 0.2) is 24.3 Å². The Hall–Kier alpha value is -1.10. The van der Waals surface area contributed by atoms with Gasteiger partial charge in [0, 0.05) is 30.7 Å². The molecule has 0 aromatic heterocycles. The Labute approximate surface area is 120 Å². The van der Waals surface area contributed by atoms with Crippen molar-refractivity contribution in [2.45, 2.75) is 37.5 Å². The minimum Gasteiger partial charge on any atom is -0.496 e. The standard InChI is InChI=1S/C16H24N2O2/c1-19-15-7-3-2-5-12(15)13(17)11-18-9-10-20-16-8-4-6-14(16)18/h2-3,5,7,13-14,16H,4,6,8-11,17H2,1H3. The topological polar surface area (TPSA) is 47.7 Å². The molecule has 0 bridgehead atoms. The third kappa shape index (κ3) is 2.68. The number of methoxy groups -OCH3 is 1. The van der Waals surface area contributed by atoms with Crippen molar-refractivity contribution < 1.29 is 9.47 Å². The number of morpholine rings is 1. The lowest BCUT2D eigenvalue weighted by Crippen LogP contribution is -2.50. The normalized spacial score (nSPS) is 28.1. The van der Waals surface area contributed by atoms with Crippen molar-refractivity contribution in [3.8, 4) is 5.75 Å². The fourth-order valence-corrected chi connectivity index (χ4v) is 3.56. The molecule has 0 radical (unpaired) electrons. The number of ether oxygens (including phenoxy) is 2. The smallest absolute Gasteiger partial charge is 0.123 e. The van der Waals surface area contributed by atoms with Crippen LogP contribution in [0.4, 0.5) is 0 Å². The van der Waals surface area contributed by atoms with E-state index in [1.807, 2.05) is 18.2 Å². The number of fused-ring (bicyclic) bond motifs is 1. The predicted molar refractivity (Wildman–Crippen MR) is 78.9 cm³/mol. The molecule has 2 N–H and O–H groups in total. The van der Waals surface area contributed by atoms with Gasteiger partial charge in [0.1, 0.15) is 5.75 Å². The van der Waals surface area contributed by atoms with Crippen LogP contribution in [0, 0.1) is 0 Å². The first-order valence-corrected chi connectivity index (χ1v) is 7.53. The van der Waals surface area contributed by atoms with E-state index in [1.54, 1.807) is 7.11 Å². The predicted octanol–water partition coefficient (Wildman–Crippen LogP) is 1.95. The summed E-state index contributed by atoms with van der Waals surface area (Å²) in [6.45, 7) is 2.70. The molecule has 2 aliphatic rings. The van der Waals surface area contributed by atoms with Crippen molar-refractivity contribution in [2.75, 3.05) is 26.8 Å². The van der Waals surface area contributed by atoms with Crippen LogP contribution in [0.2, 0.25) is 0 Å². The molecule has 1 saturated heterocycles. The third-order valence-electron chi connectivity index (χ3n) is 4.57. The number of hydrogen-bond donors (Lipinski definition) is 1. The Morgan fingerprint density at radius 3 is 3.10 bits per heavy atom. The molecule has 1 aliphatic heterocycles. The van der Waals surface area contributed by atoms with Gasteiger partial charge in [-0.15, -0.1) is 0 Å². The number of nitrogens with zero attached hydrogens (tertiary/aromatic N) is 1. The van der Waals surface area contributed by atoms with Gasteiger partial charge >= 0.3 is 0 Å². The van der Waals surface area contributed by atoms with Gasteiger partial charge in [-0.1, -0.05) is 18.2 Å². The second-order valence-corrected chi connectivity index (χ2v) is 5.75. The van der Waals surface area contributed by atoms with Crippen molar-refractivity contribution in [1.29, 1.82) is 0 Å². The Kier molecular flexibility index (Phi) is 4.24. The summed E-state index contributed by atoms with van der Waals surface area (Å²) in [5.41, 5.74) is 7.52. The Bertz CT molecular complexity index is 452. The summed E-state index contributed by atoms with van der Waals surface area (Å²) in [5, 5.41) is 0. The summed E-state index contributed by atoms with van der Waals surface area (Å²) in [6, 6.07) is 8.60. The molecule has 1 aromatic carbocycles. The fraction of sp³-hybridized carbons (Fsp3) is 0.625. The summed E-state index contributed by atoms with van der Waals surface area (Å²) in [5.74, 6) is 0.885. The van der Waals surface area contributed by atoms with Gasteiger partial charge < -0.3 is 15.2 Å². The van der Waals surface area contributed by atoms with Crippen molar-refractivity contribution in [3.05, 3.63) is 29.8 Å². The molecule has 20 heavy (non-hydrogen) atoms. The van der Waals surface area contributed by atoms with Crippen LogP contribution in [0.5, 0.6) is 5.75 Å². The van der Waals surface area contributed by atoms with Gasteiger partial charge in [-0.05, 0) is 25.3 Å². The summed E-state index contributed by atoms with van der Waals surface area (Å²) in [6.07, 6.45) is 4.14. The average molecular weight is 276 g/mol. The maximum atomic E-state index is 6.42. The van der Waals surface area contributed by atoms with Crippen LogP contribution in [-0.2, 0) is 4.74 Å². The molecular formula is C16H24N2O2. The van der Waals surface area contributed by atoms with E-state index in [0.717, 1.165) is 31.0 Å². The number of rotatable bonds is 4. The SMILES string of the molecule is COc1ccccc1C(N)CN1CCOC2CCCC21. The zero-order valence-corrected chi connectivity index (χ0v) is 12.1. The molecule has 110 valence electrons. The summed E-state index contributed by atoms with van der Waals surface area (Å²) in [4.78, 5) is 2.51. The molecule has 1 aromatic rings. The Morgan fingerprint density at radius 2 is 2.25 bits per heavy atom. The highest BCUT2D eigenvalue weighted by molar-refractivity contribution is 5.35. The zero-order valence-electron chi connectivity index (χ0n) is 12.1. The number of nitrogens with two attached hydrogens (primary N) is 1. The molecule has 0 spiro atoms. The maximum absolute atomic E-state index is 6.42. The summed E-state index contributed by atoms with van der Waals surface area (Å²) < 4.78 is 11.3. The molecule has 0 amide bonds. The summed E-state index contributed by atoms with van der Waals surface area (Å²) in [7, 11) is 1.70. The van der Waals surface area contributed by atoms with Crippen LogP contribution in [0.25, 0.3) is 0 Å². The van der Waals surface area contributed by atoms with E-state index in [1.165, 1.54) is 19.3 Å². The quantitative estimate of drug-likeness (QED) is 0.913. The van der Waals surface area contributed by atoms with E-state index in [4.69, 9.17) is 15.2 Å². The number of para-hydroxylation sites is 1. The monoisotopic (exact) mass is 276 g/mol. The van der Waals surface area contributed by atoms with E-state index in [2.05, 4.69) is 11.0 Å².